The number of carbonyl (C=O) groups is 2. The molecule has 25 heavy (non-hydrogen) atoms. The van der Waals surface area contributed by atoms with Gasteiger partial charge in [-0.2, -0.15) is 0 Å². The van der Waals surface area contributed by atoms with Gasteiger partial charge in [-0.3, -0.25) is 19.7 Å². The molecular weight excluding hydrogens is 324 g/mol. The van der Waals surface area contributed by atoms with E-state index >= 15 is 0 Å². The zero-order chi connectivity index (χ0) is 18.6. The molecule has 0 aliphatic heterocycles. The third-order valence-corrected chi connectivity index (χ3v) is 3.55. The molecule has 0 aliphatic carbocycles. The molecule has 0 radical (unpaired) electrons. The fourth-order valence-electron chi connectivity index (χ4n) is 2.15. The van der Waals surface area contributed by atoms with E-state index in [9.17, 15) is 19.7 Å². The molecule has 2 rings (SSSR count). The first-order valence-corrected chi connectivity index (χ1v) is 7.42. The predicted octanol–water partition coefficient (Wildman–Crippen LogP) is 1.81. The Labute approximate surface area is 144 Å². The van der Waals surface area contributed by atoms with Crippen LogP contribution < -0.4 is 11.1 Å². The SMILES string of the molecule is CN(C)C(=O)c1ccc(CNC(=O)c2ccc(N)c([N+](=O)[O-])c2)cc1. The molecule has 0 atom stereocenters. The Balaban J connectivity index is 2.04. The van der Waals surface area contributed by atoms with Gasteiger partial charge in [-0.05, 0) is 29.8 Å². The lowest BCUT2D eigenvalue weighted by molar-refractivity contribution is -0.383. The molecule has 0 aliphatic rings. The van der Waals surface area contributed by atoms with Gasteiger partial charge >= 0.3 is 0 Å². The monoisotopic (exact) mass is 342 g/mol. The second-order valence-electron chi connectivity index (χ2n) is 5.61. The Bertz CT molecular complexity index is 816. The molecule has 8 nitrogen and oxygen atoms in total. The summed E-state index contributed by atoms with van der Waals surface area (Å²) < 4.78 is 0. The summed E-state index contributed by atoms with van der Waals surface area (Å²) in [4.78, 5) is 35.7. The lowest BCUT2D eigenvalue weighted by Gasteiger charge is -2.11. The summed E-state index contributed by atoms with van der Waals surface area (Å²) in [5.41, 5.74) is 6.71. The normalized spacial score (nSPS) is 10.2. The molecule has 0 bridgehead atoms. The largest absolute Gasteiger partial charge is 0.393 e. The van der Waals surface area contributed by atoms with E-state index < -0.39 is 10.8 Å². The minimum atomic E-state index is -0.632. The van der Waals surface area contributed by atoms with Crippen LogP contribution in [0.3, 0.4) is 0 Å². The van der Waals surface area contributed by atoms with Crippen LogP contribution >= 0.6 is 0 Å². The highest BCUT2D eigenvalue weighted by atomic mass is 16.6. The fraction of sp³-hybridized carbons (Fsp3) is 0.176. The Morgan fingerprint density at radius 3 is 2.28 bits per heavy atom. The van der Waals surface area contributed by atoms with Crippen LogP contribution in [-0.2, 0) is 6.54 Å². The predicted molar refractivity (Wildman–Crippen MR) is 93.1 cm³/mol. The van der Waals surface area contributed by atoms with Gasteiger partial charge in [0.25, 0.3) is 17.5 Å². The van der Waals surface area contributed by atoms with Gasteiger partial charge in [-0.15, -0.1) is 0 Å². The number of nitrogens with one attached hydrogen (secondary N) is 1. The third kappa shape index (κ3) is 4.31. The minimum absolute atomic E-state index is 0.00250. The van der Waals surface area contributed by atoms with Gasteiger partial charge in [-0.25, -0.2) is 0 Å². The van der Waals surface area contributed by atoms with Crippen molar-refractivity contribution in [2.24, 2.45) is 0 Å². The lowest BCUT2D eigenvalue weighted by atomic mass is 10.1. The average Bonchev–Trinajstić information content (AvgIpc) is 2.59. The number of carbonyl (C=O) groups excluding carboxylic acids is 2. The highest BCUT2D eigenvalue weighted by Gasteiger charge is 2.15. The molecule has 130 valence electrons. The quantitative estimate of drug-likeness (QED) is 0.488. The lowest BCUT2D eigenvalue weighted by Crippen LogP contribution is -2.23. The molecule has 0 heterocycles. The Kier molecular flexibility index (Phi) is 5.33. The van der Waals surface area contributed by atoms with Crippen molar-refractivity contribution in [1.82, 2.24) is 10.2 Å². The molecule has 3 N–H and O–H groups in total. The van der Waals surface area contributed by atoms with Crippen molar-refractivity contribution in [3.05, 3.63) is 69.3 Å². The fourth-order valence-corrected chi connectivity index (χ4v) is 2.15. The van der Waals surface area contributed by atoms with Crippen molar-refractivity contribution in [3.8, 4) is 0 Å². The van der Waals surface area contributed by atoms with Crippen LogP contribution in [0.1, 0.15) is 26.3 Å². The zero-order valence-corrected chi connectivity index (χ0v) is 13.9. The van der Waals surface area contributed by atoms with Crippen LogP contribution in [0, 0.1) is 10.1 Å². The van der Waals surface area contributed by atoms with Crippen LogP contribution in [0.4, 0.5) is 11.4 Å². The van der Waals surface area contributed by atoms with Gasteiger partial charge in [0.1, 0.15) is 5.69 Å². The van der Waals surface area contributed by atoms with Crippen molar-refractivity contribution in [3.63, 3.8) is 0 Å². The number of nitrogen functional groups attached to an aromatic ring is 1. The Morgan fingerprint density at radius 2 is 1.72 bits per heavy atom. The van der Waals surface area contributed by atoms with Crippen molar-refractivity contribution >= 4 is 23.2 Å². The summed E-state index contributed by atoms with van der Waals surface area (Å²) in [6.07, 6.45) is 0. The molecule has 0 saturated heterocycles. The smallest absolute Gasteiger partial charge is 0.292 e. The van der Waals surface area contributed by atoms with Gasteiger partial charge < -0.3 is 16.0 Å². The maximum Gasteiger partial charge on any atom is 0.292 e. The summed E-state index contributed by atoms with van der Waals surface area (Å²) in [5, 5.41) is 13.5. The van der Waals surface area contributed by atoms with E-state index in [2.05, 4.69) is 5.32 Å². The molecule has 2 amide bonds. The van der Waals surface area contributed by atoms with Crippen LogP contribution in [0.5, 0.6) is 0 Å². The number of nitrogens with two attached hydrogens (primary N) is 1. The second kappa shape index (κ2) is 7.43. The summed E-state index contributed by atoms with van der Waals surface area (Å²) in [6, 6.07) is 10.7. The standard InChI is InChI=1S/C17H18N4O4/c1-20(2)17(23)12-5-3-11(4-6-12)10-19-16(22)13-7-8-14(18)15(9-13)21(24)25/h3-9H,10,18H2,1-2H3,(H,19,22). The summed E-state index contributed by atoms with van der Waals surface area (Å²) >= 11 is 0. The highest BCUT2D eigenvalue weighted by molar-refractivity contribution is 5.95. The molecule has 0 saturated carbocycles. The number of hydrogen-bond donors (Lipinski definition) is 2. The number of rotatable bonds is 5. The molecule has 0 unspecified atom stereocenters. The molecular formula is C17H18N4O4. The maximum absolute atomic E-state index is 12.1. The first kappa shape index (κ1) is 17.9. The number of nitro benzene ring substituents is 1. The summed E-state index contributed by atoms with van der Waals surface area (Å²) in [6.45, 7) is 0.230. The number of anilines is 1. The number of hydrogen-bond acceptors (Lipinski definition) is 5. The van der Waals surface area contributed by atoms with Gasteiger partial charge in [0, 0.05) is 37.8 Å². The van der Waals surface area contributed by atoms with E-state index in [4.69, 9.17) is 5.73 Å². The van der Waals surface area contributed by atoms with Gasteiger partial charge in [0.05, 0.1) is 4.92 Å². The molecule has 0 fully saturated rings. The summed E-state index contributed by atoms with van der Waals surface area (Å²) in [7, 11) is 3.34. The van der Waals surface area contributed by atoms with E-state index in [0.29, 0.717) is 5.56 Å². The number of benzene rings is 2. The molecule has 8 heteroatoms. The first-order chi connectivity index (χ1) is 11.8. The van der Waals surface area contributed by atoms with Crippen LogP contribution in [0.2, 0.25) is 0 Å². The van der Waals surface area contributed by atoms with Crippen LogP contribution in [0.15, 0.2) is 42.5 Å². The van der Waals surface area contributed by atoms with Crippen LogP contribution in [-0.4, -0.2) is 35.7 Å². The van der Waals surface area contributed by atoms with Crippen molar-refractivity contribution in [1.29, 1.82) is 0 Å². The average molecular weight is 342 g/mol. The molecule has 2 aromatic rings. The number of amides is 2. The maximum atomic E-state index is 12.1. The van der Waals surface area contributed by atoms with E-state index in [0.717, 1.165) is 11.6 Å². The van der Waals surface area contributed by atoms with Gasteiger partial charge in [0.15, 0.2) is 0 Å². The topological polar surface area (TPSA) is 119 Å². The van der Waals surface area contributed by atoms with Crippen LogP contribution in [0.25, 0.3) is 0 Å². The number of nitrogens with zero attached hydrogens (tertiary/aromatic N) is 2. The third-order valence-electron chi connectivity index (χ3n) is 3.55. The number of nitro groups is 1. The first-order valence-electron chi connectivity index (χ1n) is 7.42. The molecule has 0 spiro atoms. The zero-order valence-electron chi connectivity index (χ0n) is 13.9. The molecule has 0 aromatic heterocycles. The Morgan fingerprint density at radius 1 is 1.12 bits per heavy atom. The summed E-state index contributed by atoms with van der Waals surface area (Å²) in [5.74, 6) is -0.554. The molecule has 2 aromatic carbocycles. The minimum Gasteiger partial charge on any atom is -0.393 e. The van der Waals surface area contributed by atoms with Crippen molar-refractivity contribution < 1.29 is 14.5 Å². The second-order valence-corrected chi connectivity index (χ2v) is 5.61. The van der Waals surface area contributed by atoms with Crippen molar-refractivity contribution in [2.75, 3.05) is 19.8 Å². The van der Waals surface area contributed by atoms with E-state index in [-0.39, 0.29) is 29.4 Å². The van der Waals surface area contributed by atoms with E-state index in [1.165, 1.54) is 17.0 Å². The van der Waals surface area contributed by atoms with Crippen molar-refractivity contribution in [2.45, 2.75) is 6.54 Å². The van der Waals surface area contributed by atoms with E-state index in [1.54, 1.807) is 38.4 Å². The van der Waals surface area contributed by atoms with Gasteiger partial charge in [-0.1, -0.05) is 12.1 Å². The van der Waals surface area contributed by atoms with E-state index in [1.807, 2.05) is 0 Å². The Hall–Kier alpha value is -3.42. The van der Waals surface area contributed by atoms with Gasteiger partial charge in [0.2, 0.25) is 0 Å². The highest BCUT2D eigenvalue weighted by Crippen LogP contribution is 2.22.